The second-order valence-electron chi connectivity index (χ2n) is 6.83. The van der Waals surface area contributed by atoms with Gasteiger partial charge in [0.1, 0.15) is 11.4 Å². The minimum absolute atomic E-state index is 0.111. The lowest BCUT2D eigenvalue weighted by Gasteiger charge is -2.21. The highest BCUT2D eigenvalue weighted by molar-refractivity contribution is 7.15. The van der Waals surface area contributed by atoms with Gasteiger partial charge in [-0.2, -0.15) is 0 Å². The van der Waals surface area contributed by atoms with Crippen molar-refractivity contribution < 1.29 is 9.53 Å². The number of thiazole rings is 1. The topological polar surface area (TPSA) is 46.8 Å². The first kappa shape index (κ1) is 17.1. The number of methoxy groups -OCH3 is 1. The number of benzene rings is 1. The van der Waals surface area contributed by atoms with Crippen LogP contribution in [0, 0.1) is 5.92 Å². The molecule has 0 unspecified atom stereocenters. The summed E-state index contributed by atoms with van der Waals surface area (Å²) in [6.07, 6.45) is 5.43. The molecule has 1 aliphatic carbocycles. The average molecular weight is 369 g/mol. The molecule has 1 saturated carbocycles. The van der Waals surface area contributed by atoms with Gasteiger partial charge in [0.15, 0.2) is 4.96 Å². The van der Waals surface area contributed by atoms with Crippen molar-refractivity contribution in [2.24, 2.45) is 5.92 Å². The Kier molecular flexibility index (Phi) is 4.68. The smallest absolute Gasteiger partial charge is 0.271 e. The molecule has 4 rings (SSSR count). The first-order valence-electron chi connectivity index (χ1n) is 9.10. The number of imidazole rings is 1. The van der Waals surface area contributed by atoms with Crippen LogP contribution in [-0.2, 0) is 0 Å². The first-order valence-corrected chi connectivity index (χ1v) is 9.98. The van der Waals surface area contributed by atoms with E-state index in [0.717, 1.165) is 41.5 Å². The summed E-state index contributed by atoms with van der Waals surface area (Å²) in [6, 6.07) is 7.83. The normalized spacial score (nSPS) is 13.9. The summed E-state index contributed by atoms with van der Waals surface area (Å²) in [4.78, 5) is 20.6. The summed E-state index contributed by atoms with van der Waals surface area (Å²) in [6.45, 7) is 3.81. The minimum Gasteiger partial charge on any atom is -0.497 e. The number of amides is 1. The van der Waals surface area contributed by atoms with E-state index in [4.69, 9.17) is 9.72 Å². The Morgan fingerprint density at radius 2 is 2.27 bits per heavy atom. The first-order chi connectivity index (χ1) is 12.7. The molecule has 0 N–H and O–H groups in total. The second-order valence-corrected chi connectivity index (χ2v) is 7.66. The van der Waals surface area contributed by atoms with Gasteiger partial charge < -0.3 is 9.64 Å². The molecule has 1 aromatic carbocycles. The molecule has 2 heterocycles. The van der Waals surface area contributed by atoms with Gasteiger partial charge >= 0.3 is 0 Å². The molecule has 1 amide bonds. The zero-order valence-corrected chi connectivity index (χ0v) is 16.0. The van der Waals surface area contributed by atoms with E-state index in [9.17, 15) is 4.79 Å². The molecule has 5 nitrogen and oxygen atoms in total. The molecule has 0 aliphatic heterocycles. The number of carbonyl (C=O) groups is 1. The molecule has 6 heteroatoms. The molecule has 26 heavy (non-hydrogen) atoms. The molecule has 0 saturated heterocycles. The van der Waals surface area contributed by atoms with E-state index < -0.39 is 0 Å². The van der Waals surface area contributed by atoms with Gasteiger partial charge in [-0.25, -0.2) is 4.98 Å². The van der Waals surface area contributed by atoms with E-state index in [2.05, 4.69) is 6.92 Å². The Morgan fingerprint density at radius 3 is 3.00 bits per heavy atom. The van der Waals surface area contributed by atoms with Crippen LogP contribution in [0.5, 0.6) is 5.75 Å². The molecule has 136 valence electrons. The van der Waals surface area contributed by atoms with Gasteiger partial charge in [-0.3, -0.25) is 9.20 Å². The highest BCUT2D eigenvalue weighted by Gasteiger charge is 2.28. The summed E-state index contributed by atoms with van der Waals surface area (Å²) in [5.74, 6) is 1.60. The van der Waals surface area contributed by atoms with Crippen LogP contribution < -0.4 is 4.74 Å². The number of aromatic nitrogens is 2. The fourth-order valence-electron chi connectivity index (χ4n) is 3.18. The highest BCUT2D eigenvalue weighted by atomic mass is 32.1. The van der Waals surface area contributed by atoms with E-state index in [1.807, 2.05) is 45.1 Å². The third-order valence-electron chi connectivity index (χ3n) is 4.75. The number of nitrogens with zero attached hydrogens (tertiary/aromatic N) is 3. The maximum atomic E-state index is 13.1. The molecule has 3 aromatic rings. The van der Waals surface area contributed by atoms with Crippen molar-refractivity contribution >= 4 is 22.2 Å². The molecule has 2 aromatic heterocycles. The molecule has 1 aliphatic rings. The third-order valence-corrected chi connectivity index (χ3v) is 5.59. The van der Waals surface area contributed by atoms with Crippen molar-refractivity contribution in [1.29, 1.82) is 0 Å². The Balaban J connectivity index is 1.65. The van der Waals surface area contributed by atoms with Crippen molar-refractivity contribution in [3.63, 3.8) is 0 Å². The van der Waals surface area contributed by atoms with E-state index in [0.29, 0.717) is 11.6 Å². The molecular formula is C20H23N3O2S. The van der Waals surface area contributed by atoms with Crippen molar-refractivity contribution in [2.45, 2.75) is 26.2 Å². The summed E-state index contributed by atoms with van der Waals surface area (Å²) in [5, 5.41) is 1.93. The van der Waals surface area contributed by atoms with Gasteiger partial charge in [0.05, 0.1) is 12.8 Å². The maximum absolute atomic E-state index is 13.1. The van der Waals surface area contributed by atoms with Gasteiger partial charge in [-0.1, -0.05) is 19.1 Å². The van der Waals surface area contributed by atoms with E-state index in [-0.39, 0.29) is 5.91 Å². The number of hydrogen-bond donors (Lipinski definition) is 0. The fraction of sp³-hybridized carbons (Fsp3) is 0.400. The largest absolute Gasteiger partial charge is 0.497 e. The van der Waals surface area contributed by atoms with Crippen LogP contribution in [0.2, 0.25) is 0 Å². The second kappa shape index (κ2) is 7.11. The number of ether oxygens (including phenoxy) is 1. The Morgan fingerprint density at radius 1 is 1.42 bits per heavy atom. The summed E-state index contributed by atoms with van der Waals surface area (Å²) < 4.78 is 7.23. The predicted molar refractivity (Wildman–Crippen MR) is 104 cm³/mol. The van der Waals surface area contributed by atoms with Gasteiger partial charge in [-0.15, -0.1) is 11.3 Å². The summed E-state index contributed by atoms with van der Waals surface area (Å²) in [7, 11) is 1.66. The van der Waals surface area contributed by atoms with Crippen LogP contribution >= 0.6 is 11.3 Å². The fourth-order valence-corrected chi connectivity index (χ4v) is 4.03. The zero-order valence-electron chi connectivity index (χ0n) is 15.1. The van der Waals surface area contributed by atoms with E-state index in [1.54, 1.807) is 7.11 Å². The van der Waals surface area contributed by atoms with Crippen LogP contribution in [0.3, 0.4) is 0 Å². The van der Waals surface area contributed by atoms with E-state index in [1.165, 1.54) is 24.2 Å². The molecule has 0 atom stereocenters. The van der Waals surface area contributed by atoms with Crippen LogP contribution in [0.4, 0.5) is 0 Å². The third kappa shape index (κ3) is 3.33. The molecule has 0 spiro atoms. The van der Waals surface area contributed by atoms with Gasteiger partial charge in [-0.05, 0) is 37.3 Å². The van der Waals surface area contributed by atoms with Crippen molar-refractivity contribution in [3.8, 4) is 17.0 Å². The van der Waals surface area contributed by atoms with Crippen molar-refractivity contribution in [1.82, 2.24) is 14.3 Å². The summed E-state index contributed by atoms with van der Waals surface area (Å²) in [5.41, 5.74) is 2.55. The van der Waals surface area contributed by atoms with Crippen molar-refractivity contribution in [3.05, 3.63) is 41.5 Å². The monoisotopic (exact) mass is 369 g/mol. The van der Waals surface area contributed by atoms with Gasteiger partial charge in [0.25, 0.3) is 5.91 Å². The molecule has 0 radical (unpaired) electrons. The standard InChI is InChI=1S/C20H23N3O2S/c1-3-9-22(11-14-7-8-14)19(24)18-13-26-20-21-17(12-23(18)20)15-5-4-6-16(10-15)25-2/h4-6,10,12-14H,3,7-9,11H2,1-2H3. The zero-order chi connectivity index (χ0) is 18.1. The average Bonchev–Trinajstić information content (AvgIpc) is 3.24. The highest BCUT2D eigenvalue weighted by Crippen LogP contribution is 2.31. The van der Waals surface area contributed by atoms with Gasteiger partial charge in [0, 0.05) is 30.2 Å². The lowest BCUT2D eigenvalue weighted by Crippen LogP contribution is -2.34. The van der Waals surface area contributed by atoms with Crippen LogP contribution in [0.25, 0.3) is 16.2 Å². The molecular weight excluding hydrogens is 346 g/mol. The SMILES string of the molecule is CCCN(CC1CC1)C(=O)c1csc2nc(-c3cccc(OC)c3)cn12. The van der Waals surface area contributed by atoms with Crippen LogP contribution in [0.15, 0.2) is 35.8 Å². The Labute approximate surface area is 157 Å². The molecule has 1 fully saturated rings. The van der Waals surface area contributed by atoms with Crippen LogP contribution in [-0.4, -0.2) is 40.4 Å². The van der Waals surface area contributed by atoms with Crippen molar-refractivity contribution in [2.75, 3.05) is 20.2 Å². The maximum Gasteiger partial charge on any atom is 0.271 e. The number of carbonyl (C=O) groups excluding carboxylic acids is 1. The predicted octanol–water partition coefficient (Wildman–Crippen LogP) is 4.33. The Bertz CT molecular complexity index is 926. The quantitative estimate of drug-likeness (QED) is 0.623. The van der Waals surface area contributed by atoms with Gasteiger partial charge in [0.2, 0.25) is 0 Å². The lowest BCUT2D eigenvalue weighted by molar-refractivity contribution is 0.0741. The lowest BCUT2D eigenvalue weighted by atomic mass is 10.1. The molecule has 0 bridgehead atoms. The van der Waals surface area contributed by atoms with Crippen LogP contribution in [0.1, 0.15) is 36.7 Å². The number of fused-ring (bicyclic) bond motifs is 1. The Hall–Kier alpha value is -2.34. The summed E-state index contributed by atoms with van der Waals surface area (Å²) >= 11 is 1.51. The van der Waals surface area contributed by atoms with E-state index >= 15 is 0 Å². The minimum atomic E-state index is 0.111. The number of hydrogen-bond acceptors (Lipinski definition) is 4. The number of rotatable bonds is 7.